The summed E-state index contributed by atoms with van der Waals surface area (Å²) in [6, 6.07) is 7.89. The van der Waals surface area contributed by atoms with Crippen LogP contribution in [-0.4, -0.2) is 22.4 Å². The molecule has 1 aromatic carbocycles. The third-order valence-electron chi connectivity index (χ3n) is 3.27. The van der Waals surface area contributed by atoms with Crippen molar-refractivity contribution in [1.82, 2.24) is 9.97 Å². The van der Waals surface area contributed by atoms with Crippen molar-refractivity contribution in [3.8, 4) is 0 Å². The fraction of sp³-hybridized carbons (Fsp3) is 0.214. The number of hydrogen-bond donors (Lipinski definition) is 2. The second-order valence-corrected chi connectivity index (χ2v) is 5.38. The monoisotopic (exact) mass is 332 g/mol. The molecule has 2 heterocycles. The minimum Gasteiger partial charge on any atom is -0.385 e. The molecule has 2 aromatic rings. The molecule has 1 aromatic heterocycles. The number of aromatic nitrogens is 2. The van der Waals surface area contributed by atoms with Gasteiger partial charge in [-0.1, -0.05) is 18.2 Å². The lowest BCUT2D eigenvalue weighted by Crippen LogP contribution is -2.27. The first kappa shape index (κ1) is 13.1. The van der Waals surface area contributed by atoms with E-state index in [0.29, 0.717) is 10.4 Å². The normalized spacial score (nSPS) is 16.9. The lowest BCUT2D eigenvalue weighted by atomic mass is 9.90. The number of halogens is 1. The number of hydrogen-bond acceptors (Lipinski definition) is 4. The van der Waals surface area contributed by atoms with Gasteiger partial charge in [0.1, 0.15) is 4.60 Å². The highest BCUT2D eigenvalue weighted by molar-refractivity contribution is 9.10. The van der Waals surface area contributed by atoms with Crippen LogP contribution >= 0.6 is 15.9 Å². The molecule has 102 valence electrons. The Bertz CT molecular complexity index is 629. The van der Waals surface area contributed by atoms with Crippen molar-refractivity contribution in [2.24, 2.45) is 0 Å². The first-order valence-electron chi connectivity index (χ1n) is 6.35. The number of anilines is 2. The predicted octanol–water partition coefficient (Wildman–Crippen LogP) is 2.78. The minimum atomic E-state index is -0.155. The lowest BCUT2D eigenvalue weighted by molar-refractivity contribution is -0.117. The van der Waals surface area contributed by atoms with Gasteiger partial charge in [-0.2, -0.15) is 0 Å². The van der Waals surface area contributed by atoms with Crippen LogP contribution in [0.2, 0.25) is 0 Å². The zero-order valence-electron chi connectivity index (χ0n) is 10.6. The number of nitrogens with zero attached hydrogens (tertiary/aromatic N) is 2. The van der Waals surface area contributed by atoms with E-state index in [-0.39, 0.29) is 11.8 Å². The van der Waals surface area contributed by atoms with Gasteiger partial charge in [0.05, 0.1) is 18.3 Å². The van der Waals surface area contributed by atoms with Crippen molar-refractivity contribution in [1.29, 1.82) is 0 Å². The van der Waals surface area contributed by atoms with Crippen molar-refractivity contribution in [2.45, 2.75) is 12.3 Å². The Balaban J connectivity index is 1.80. The van der Waals surface area contributed by atoms with E-state index < -0.39 is 0 Å². The maximum Gasteiger partial charge on any atom is 0.233 e. The zero-order valence-corrected chi connectivity index (χ0v) is 12.2. The van der Waals surface area contributed by atoms with Crippen LogP contribution in [0, 0.1) is 0 Å². The molecule has 3 rings (SSSR count). The van der Waals surface area contributed by atoms with Gasteiger partial charge in [0.25, 0.3) is 0 Å². The number of nitrogens with one attached hydrogen (secondary N) is 2. The van der Waals surface area contributed by atoms with Crippen molar-refractivity contribution in [2.75, 3.05) is 17.2 Å². The molecule has 0 bridgehead atoms. The molecule has 0 aliphatic carbocycles. The Kier molecular flexibility index (Phi) is 3.64. The van der Waals surface area contributed by atoms with Crippen LogP contribution in [0.25, 0.3) is 0 Å². The van der Waals surface area contributed by atoms with Crippen molar-refractivity contribution < 1.29 is 4.79 Å². The van der Waals surface area contributed by atoms with Crippen LogP contribution in [0.1, 0.15) is 17.9 Å². The Hall–Kier alpha value is -1.95. The van der Waals surface area contributed by atoms with Gasteiger partial charge in [0.15, 0.2) is 5.82 Å². The predicted molar refractivity (Wildman–Crippen MR) is 80.7 cm³/mol. The topological polar surface area (TPSA) is 66.9 Å². The van der Waals surface area contributed by atoms with Gasteiger partial charge in [0, 0.05) is 12.2 Å². The second kappa shape index (κ2) is 5.58. The first-order chi connectivity index (χ1) is 9.74. The quantitative estimate of drug-likeness (QED) is 0.887. The van der Waals surface area contributed by atoms with Crippen molar-refractivity contribution >= 4 is 33.3 Å². The smallest absolute Gasteiger partial charge is 0.233 e. The number of rotatable bonds is 2. The third-order valence-corrected chi connectivity index (χ3v) is 3.68. The Morgan fingerprint density at radius 1 is 1.30 bits per heavy atom. The molecule has 1 atom stereocenters. The van der Waals surface area contributed by atoms with Gasteiger partial charge in [-0.05, 0) is 34.0 Å². The highest BCUT2D eigenvalue weighted by Gasteiger charge is 2.26. The van der Waals surface area contributed by atoms with E-state index >= 15 is 0 Å². The number of fused-ring (bicyclic) bond motifs is 1. The molecule has 1 aliphatic heterocycles. The zero-order chi connectivity index (χ0) is 13.9. The van der Waals surface area contributed by atoms with Gasteiger partial charge >= 0.3 is 0 Å². The van der Waals surface area contributed by atoms with Gasteiger partial charge in [-0.3, -0.25) is 4.79 Å². The summed E-state index contributed by atoms with van der Waals surface area (Å²) in [5.41, 5.74) is 2.06. The summed E-state index contributed by atoms with van der Waals surface area (Å²) in [5, 5.41) is 6.12. The van der Waals surface area contributed by atoms with Crippen LogP contribution in [0.15, 0.2) is 41.3 Å². The number of amides is 1. The number of carbonyl (C=O) groups is 1. The Morgan fingerprint density at radius 2 is 2.15 bits per heavy atom. The summed E-state index contributed by atoms with van der Waals surface area (Å²) >= 11 is 3.22. The van der Waals surface area contributed by atoms with E-state index in [0.717, 1.165) is 24.2 Å². The molecule has 1 unspecified atom stereocenters. The standard InChI is InChI=1S/C14H13BrN4O/c15-12-7-18-13(8-17-12)19-14(20)10-5-6-16-11-4-2-1-3-9(10)11/h1-4,7-8,10,16H,5-6H2,(H,18,19,20). The van der Waals surface area contributed by atoms with Crippen molar-refractivity contribution in [3.63, 3.8) is 0 Å². The van der Waals surface area contributed by atoms with Gasteiger partial charge in [-0.15, -0.1) is 0 Å². The molecule has 0 radical (unpaired) electrons. The molecular weight excluding hydrogens is 320 g/mol. The van der Waals surface area contributed by atoms with Crippen LogP contribution in [0.3, 0.4) is 0 Å². The maximum absolute atomic E-state index is 12.4. The summed E-state index contributed by atoms with van der Waals surface area (Å²) in [5.74, 6) is 0.266. The van der Waals surface area contributed by atoms with Crippen LogP contribution in [0.4, 0.5) is 11.5 Å². The molecule has 6 heteroatoms. The molecule has 1 amide bonds. The minimum absolute atomic E-state index is 0.0458. The molecule has 0 fully saturated rings. The highest BCUT2D eigenvalue weighted by atomic mass is 79.9. The summed E-state index contributed by atoms with van der Waals surface area (Å²) in [6.45, 7) is 0.793. The van der Waals surface area contributed by atoms with Crippen LogP contribution < -0.4 is 10.6 Å². The van der Waals surface area contributed by atoms with E-state index in [1.807, 2.05) is 24.3 Å². The third kappa shape index (κ3) is 2.65. The SMILES string of the molecule is O=C(Nc1cnc(Br)cn1)C1CCNc2ccccc21. The largest absolute Gasteiger partial charge is 0.385 e. The van der Waals surface area contributed by atoms with Gasteiger partial charge in [0.2, 0.25) is 5.91 Å². The molecule has 5 nitrogen and oxygen atoms in total. The summed E-state index contributed by atoms with van der Waals surface area (Å²) in [4.78, 5) is 20.6. The molecule has 2 N–H and O–H groups in total. The molecule has 0 spiro atoms. The summed E-state index contributed by atoms with van der Waals surface area (Å²) < 4.78 is 0.641. The summed E-state index contributed by atoms with van der Waals surface area (Å²) in [7, 11) is 0. The first-order valence-corrected chi connectivity index (χ1v) is 7.14. The lowest BCUT2D eigenvalue weighted by Gasteiger charge is -2.25. The molecule has 0 saturated carbocycles. The Morgan fingerprint density at radius 3 is 2.95 bits per heavy atom. The average Bonchev–Trinajstić information content (AvgIpc) is 2.49. The average molecular weight is 333 g/mol. The fourth-order valence-corrected chi connectivity index (χ4v) is 2.54. The van der Waals surface area contributed by atoms with E-state index in [4.69, 9.17) is 0 Å². The number of benzene rings is 1. The van der Waals surface area contributed by atoms with Crippen LogP contribution in [0.5, 0.6) is 0 Å². The maximum atomic E-state index is 12.4. The Labute approximate surface area is 125 Å². The molecule has 1 aliphatic rings. The number of para-hydroxylation sites is 1. The van der Waals surface area contributed by atoms with E-state index in [9.17, 15) is 4.79 Å². The van der Waals surface area contributed by atoms with Crippen LogP contribution in [-0.2, 0) is 4.79 Å². The fourth-order valence-electron chi connectivity index (χ4n) is 2.33. The van der Waals surface area contributed by atoms with Gasteiger partial charge < -0.3 is 10.6 Å². The van der Waals surface area contributed by atoms with E-state index in [1.54, 1.807) is 6.20 Å². The molecular formula is C14H13BrN4O. The summed E-state index contributed by atoms with van der Waals surface area (Å²) in [6.07, 6.45) is 3.87. The van der Waals surface area contributed by atoms with Gasteiger partial charge in [-0.25, -0.2) is 9.97 Å². The molecule has 20 heavy (non-hydrogen) atoms. The van der Waals surface area contributed by atoms with E-state index in [2.05, 4.69) is 36.5 Å². The second-order valence-electron chi connectivity index (χ2n) is 4.57. The van der Waals surface area contributed by atoms with E-state index in [1.165, 1.54) is 6.20 Å². The number of carbonyl (C=O) groups excluding carboxylic acids is 1. The molecule has 0 saturated heterocycles. The van der Waals surface area contributed by atoms with Crippen molar-refractivity contribution in [3.05, 3.63) is 46.8 Å². The highest BCUT2D eigenvalue weighted by Crippen LogP contribution is 2.31.